The highest BCUT2D eigenvalue weighted by atomic mass is 32.2. The molecule has 146 valence electrons. The molecule has 0 spiro atoms. The van der Waals surface area contributed by atoms with Crippen molar-refractivity contribution in [3.63, 3.8) is 0 Å². The van der Waals surface area contributed by atoms with Gasteiger partial charge in [-0.25, -0.2) is 4.98 Å². The number of benzene rings is 2. The second kappa shape index (κ2) is 9.13. The summed E-state index contributed by atoms with van der Waals surface area (Å²) in [6, 6.07) is 20.3. The van der Waals surface area contributed by atoms with Crippen molar-refractivity contribution in [3.8, 4) is 11.3 Å². The van der Waals surface area contributed by atoms with Crippen LogP contribution in [0.2, 0.25) is 0 Å². The first-order valence-electron chi connectivity index (χ1n) is 8.82. The second-order valence-electron chi connectivity index (χ2n) is 6.09. The van der Waals surface area contributed by atoms with E-state index in [1.165, 1.54) is 11.9 Å². The van der Waals surface area contributed by atoms with Crippen LogP contribution >= 0.6 is 34.6 Å². The molecule has 2 aromatic carbocycles. The first-order valence-corrected chi connectivity index (χ1v) is 11.8. The zero-order chi connectivity index (χ0) is 20.1. The normalized spacial score (nSPS) is 11.4. The molecule has 0 amide bonds. The van der Waals surface area contributed by atoms with E-state index >= 15 is 0 Å². The van der Waals surface area contributed by atoms with Gasteiger partial charge in [0.15, 0.2) is 5.13 Å². The van der Waals surface area contributed by atoms with E-state index < -0.39 is 0 Å². The van der Waals surface area contributed by atoms with Crippen molar-refractivity contribution < 1.29 is 0 Å². The van der Waals surface area contributed by atoms with Crippen LogP contribution in [0, 0.1) is 0 Å². The number of nitrogens with two attached hydrogens (primary N) is 1. The summed E-state index contributed by atoms with van der Waals surface area (Å²) in [7, 11) is 0. The summed E-state index contributed by atoms with van der Waals surface area (Å²) in [6.45, 7) is 0. The lowest BCUT2D eigenvalue weighted by molar-refractivity contribution is 1.39. The van der Waals surface area contributed by atoms with Crippen molar-refractivity contribution in [2.24, 2.45) is 10.1 Å². The molecular formula is C21H19N5S3. The molecule has 4 rings (SSSR count). The number of thiophene rings is 1. The highest BCUT2D eigenvalue weighted by Gasteiger charge is 2.09. The van der Waals surface area contributed by atoms with E-state index in [0.717, 1.165) is 38.3 Å². The Labute approximate surface area is 181 Å². The number of thiazole rings is 1. The Kier molecular flexibility index (Phi) is 6.14. The molecule has 4 aromatic rings. The van der Waals surface area contributed by atoms with E-state index in [9.17, 15) is 0 Å². The Hall–Kier alpha value is -2.81. The number of amidine groups is 1. The van der Waals surface area contributed by atoms with Gasteiger partial charge in [0.25, 0.3) is 0 Å². The SMILES string of the molecule is CSN=C(N)c1cc(-c2csc(Nc3ccc(Nc4ccccc4)cc3)n2)cs1. The van der Waals surface area contributed by atoms with Gasteiger partial charge in [-0.15, -0.1) is 22.7 Å². The van der Waals surface area contributed by atoms with E-state index in [1.807, 2.05) is 72.3 Å². The minimum atomic E-state index is 0.548. The number of rotatable bonds is 7. The van der Waals surface area contributed by atoms with Gasteiger partial charge in [0.05, 0.1) is 10.6 Å². The maximum Gasteiger partial charge on any atom is 0.187 e. The van der Waals surface area contributed by atoms with Crippen molar-refractivity contribution in [2.75, 3.05) is 16.9 Å². The van der Waals surface area contributed by atoms with Crippen molar-refractivity contribution >= 4 is 62.7 Å². The third kappa shape index (κ3) is 4.97. The van der Waals surface area contributed by atoms with Gasteiger partial charge < -0.3 is 16.4 Å². The summed E-state index contributed by atoms with van der Waals surface area (Å²) in [5.41, 5.74) is 11.0. The van der Waals surface area contributed by atoms with Crippen LogP contribution in [0.5, 0.6) is 0 Å². The molecule has 4 N–H and O–H groups in total. The Morgan fingerprint density at radius 3 is 2.34 bits per heavy atom. The molecule has 5 nitrogen and oxygen atoms in total. The summed E-state index contributed by atoms with van der Waals surface area (Å²) < 4.78 is 4.18. The second-order valence-corrected chi connectivity index (χ2v) is 8.41. The fourth-order valence-electron chi connectivity index (χ4n) is 2.66. The van der Waals surface area contributed by atoms with E-state index in [-0.39, 0.29) is 0 Å². The molecule has 8 heteroatoms. The van der Waals surface area contributed by atoms with Gasteiger partial charge in [-0.05, 0) is 54.4 Å². The Morgan fingerprint density at radius 1 is 0.931 bits per heavy atom. The molecule has 0 aliphatic carbocycles. The van der Waals surface area contributed by atoms with Crippen molar-refractivity contribution in [3.05, 3.63) is 76.3 Å². The van der Waals surface area contributed by atoms with Crippen LogP contribution in [0.4, 0.5) is 22.2 Å². The number of para-hydroxylation sites is 1. The minimum Gasteiger partial charge on any atom is -0.382 e. The smallest absolute Gasteiger partial charge is 0.187 e. The molecular weight excluding hydrogens is 418 g/mol. The summed E-state index contributed by atoms with van der Waals surface area (Å²) in [6.07, 6.45) is 1.89. The molecule has 0 aliphatic heterocycles. The van der Waals surface area contributed by atoms with Gasteiger partial charge >= 0.3 is 0 Å². The molecule has 29 heavy (non-hydrogen) atoms. The minimum absolute atomic E-state index is 0.548. The first-order chi connectivity index (χ1) is 14.2. The largest absolute Gasteiger partial charge is 0.382 e. The number of nitrogens with zero attached hydrogens (tertiary/aromatic N) is 2. The maximum absolute atomic E-state index is 5.97. The molecule has 0 bridgehead atoms. The van der Waals surface area contributed by atoms with E-state index in [4.69, 9.17) is 10.7 Å². The lowest BCUT2D eigenvalue weighted by Gasteiger charge is -2.07. The highest BCUT2D eigenvalue weighted by Crippen LogP contribution is 2.30. The molecule has 0 fully saturated rings. The Bertz CT molecular complexity index is 1100. The van der Waals surface area contributed by atoms with Gasteiger partial charge in [-0.3, -0.25) is 0 Å². The average Bonchev–Trinajstić information content (AvgIpc) is 3.40. The van der Waals surface area contributed by atoms with E-state index in [1.54, 1.807) is 22.7 Å². The standard InChI is InChI=1S/C21H19N5S3/c1-27-26-20(22)19-11-14(12-28-19)18-13-29-21(25-18)24-17-9-7-16(8-10-17)23-15-5-3-2-4-6-15/h2-13,23H,1H3,(H2,22,26)(H,24,25). The lowest BCUT2D eigenvalue weighted by Crippen LogP contribution is -2.09. The van der Waals surface area contributed by atoms with Gasteiger partial charge in [-0.1, -0.05) is 18.2 Å². The predicted octanol–water partition coefficient (Wildman–Crippen LogP) is 6.34. The van der Waals surface area contributed by atoms with Crippen molar-refractivity contribution in [1.29, 1.82) is 0 Å². The Morgan fingerprint density at radius 2 is 1.62 bits per heavy atom. The number of hydrogen-bond acceptors (Lipinski definition) is 7. The Balaban J connectivity index is 1.42. The highest BCUT2D eigenvalue weighted by molar-refractivity contribution is 7.97. The number of hydrogen-bond donors (Lipinski definition) is 3. The molecule has 0 saturated carbocycles. The lowest BCUT2D eigenvalue weighted by atomic mass is 10.2. The zero-order valence-electron chi connectivity index (χ0n) is 15.6. The van der Waals surface area contributed by atoms with Gasteiger partial charge in [0.2, 0.25) is 0 Å². The predicted molar refractivity (Wildman–Crippen MR) is 129 cm³/mol. The van der Waals surface area contributed by atoms with Gasteiger partial charge in [0, 0.05) is 39.6 Å². The summed E-state index contributed by atoms with van der Waals surface area (Å²) in [5, 5.41) is 11.7. The quantitative estimate of drug-likeness (QED) is 0.179. The van der Waals surface area contributed by atoms with Gasteiger partial charge in [-0.2, -0.15) is 4.40 Å². The first kappa shape index (κ1) is 19.5. The van der Waals surface area contributed by atoms with Crippen LogP contribution in [0.3, 0.4) is 0 Å². The number of aromatic nitrogens is 1. The zero-order valence-corrected chi connectivity index (χ0v) is 18.1. The third-order valence-electron chi connectivity index (χ3n) is 4.04. The van der Waals surface area contributed by atoms with Crippen LogP contribution in [0.25, 0.3) is 11.3 Å². The monoisotopic (exact) mass is 437 g/mol. The molecule has 0 radical (unpaired) electrons. The summed E-state index contributed by atoms with van der Waals surface area (Å²) in [5.74, 6) is 0.548. The topological polar surface area (TPSA) is 75.3 Å². The summed E-state index contributed by atoms with van der Waals surface area (Å²) in [4.78, 5) is 5.65. The van der Waals surface area contributed by atoms with Crippen LogP contribution in [-0.2, 0) is 0 Å². The van der Waals surface area contributed by atoms with E-state index in [2.05, 4.69) is 20.4 Å². The number of nitrogens with one attached hydrogen (secondary N) is 2. The maximum atomic E-state index is 5.97. The van der Waals surface area contributed by atoms with Crippen LogP contribution in [0.1, 0.15) is 4.88 Å². The van der Waals surface area contributed by atoms with Crippen molar-refractivity contribution in [1.82, 2.24) is 4.98 Å². The molecule has 0 aliphatic rings. The molecule has 2 aromatic heterocycles. The summed E-state index contributed by atoms with van der Waals surface area (Å²) >= 11 is 4.51. The average molecular weight is 438 g/mol. The van der Waals surface area contributed by atoms with Crippen LogP contribution < -0.4 is 16.4 Å². The van der Waals surface area contributed by atoms with Gasteiger partial charge in [0.1, 0.15) is 5.84 Å². The third-order valence-corrected chi connectivity index (χ3v) is 6.13. The fraction of sp³-hybridized carbons (Fsp3) is 0.0476. The number of anilines is 4. The van der Waals surface area contributed by atoms with Crippen molar-refractivity contribution in [2.45, 2.75) is 0 Å². The van der Waals surface area contributed by atoms with Crippen LogP contribution in [-0.4, -0.2) is 17.1 Å². The fourth-order valence-corrected chi connectivity index (χ4v) is 4.56. The molecule has 0 saturated heterocycles. The molecule has 0 atom stereocenters. The van der Waals surface area contributed by atoms with E-state index in [0.29, 0.717) is 5.84 Å². The molecule has 2 heterocycles. The van der Waals surface area contributed by atoms with Crippen LogP contribution in [0.15, 0.2) is 75.8 Å². The molecule has 0 unspecified atom stereocenters.